The van der Waals surface area contributed by atoms with Crippen LogP contribution in [-0.2, 0) is 6.42 Å². The molecule has 0 saturated carbocycles. The number of H-pyrrole nitrogens is 1. The summed E-state index contributed by atoms with van der Waals surface area (Å²) in [6, 6.07) is 7.85. The third-order valence-electron chi connectivity index (χ3n) is 2.42. The zero-order valence-electron chi connectivity index (χ0n) is 8.51. The third-order valence-corrected chi connectivity index (χ3v) is 2.42. The molecule has 78 valence electrons. The molecule has 4 heteroatoms. The van der Waals surface area contributed by atoms with Crippen molar-refractivity contribution in [1.29, 1.82) is 0 Å². The van der Waals surface area contributed by atoms with Crippen LogP contribution in [0.2, 0.25) is 0 Å². The summed E-state index contributed by atoms with van der Waals surface area (Å²) in [7, 11) is 0. The molecule has 1 atom stereocenters. The highest BCUT2D eigenvalue weighted by molar-refractivity contribution is 5.27. The molecule has 4 nitrogen and oxygen atoms in total. The first-order valence-corrected chi connectivity index (χ1v) is 4.94. The summed E-state index contributed by atoms with van der Waals surface area (Å²) in [5, 5.41) is 19.9. The van der Waals surface area contributed by atoms with Gasteiger partial charge in [-0.3, -0.25) is 0 Å². The Hall–Kier alpha value is -1.68. The Balaban J connectivity index is 2.22. The van der Waals surface area contributed by atoms with Crippen LogP contribution >= 0.6 is 0 Å². The fourth-order valence-electron chi connectivity index (χ4n) is 1.45. The number of hydrogen-bond acceptors (Lipinski definition) is 3. The number of benzene rings is 1. The minimum absolute atomic E-state index is 0.541. The van der Waals surface area contributed by atoms with Gasteiger partial charge in [0.1, 0.15) is 11.8 Å². The van der Waals surface area contributed by atoms with Gasteiger partial charge >= 0.3 is 0 Å². The highest BCUT2D eigenvalue weighted by Crippen LogP contribution is 2.19. The lowest BCUT2D eigenvalue weighted by molar-refractivity contribution is 0.215. The average Bonchev–Trinajstić information content (AvgIpc) is 2.82. The molecule has 0 aliphatic rings. The van der Waals surface area contributed by atoms with Crippen molar-refractivity contribution in [2.45, 2.75) is 19.4 Å². The van der Waals surface area contributed by atoms with E-state index >= 15 is 0 Å². The van der Waals surface area contributed by atoms with Crippen LogP contribution in [0.25, 0.3) is 0 Å². The molecular weight excluding hydrogens is 190 g/mol. The van der Waals surface area contributed by atoms with E-state index in [1.807, 2.05) is 24.3 Å². The van der Waals surface area contributed by atoms with Gasteiger partial charge in [0.05, 0.1) is 6.20 Å². The fourth-order valence-corrected chi connectivity index (χ4v) is 1.45. The summed E-state index contributed by atoms with van der Waals surface area (Å²) in [6.45, 7) is 2.10. The molecule has 1 heterocycles. The number of hydrogen-bond donors (Lipinski definition) is 2. The number of aromatic nitrogens is 3. The molecule has 0 aliphatic heterocycles. The highest BCUT2D eigenvalue weighted by atomic mass is 16.3. The van der Waals surface area contributed by atoms with Gasteiger partial charge in [0.25, 0.3) is 0 Å². The molecule has 0 radical (unpaired) electrons. The Kier molecular flexibility index (Phi) is 2.78. The molecule has 2 N–H and O–H groups in total. The molecule has 0 amide bonds. The first-order chi connectivity index (χ1) is 7.31. The first-order valence-electron chi connectivity index (χ1n) is 4.94. The van der Waals surface area contributed by atoms with Crippen LogP contribution < -0.4 is 0 Å². The van der Waals surface area contributed by atoms with Crippen molar-refractivity contribution in [3.05, 3.63) is 47.3 Å². The summed E-state index contributed by atoms with van der Waals surface area (Å²) in [4.78, 5) is 0. The normalized spacial score (nSPS) is 12.7. The molecule has 0 spiro atoms. The maximum Gasteiger partial charge on any atom is 0.124 e. The quantitative estimate of drug-likeness (QED) is 0.793. The van der Waals surface area contributed by atoms with E-state index in [4.69, 9.17) is 0 Å². The van der Waals surface area contributed by atoms with Crippen molar-refractivity contribution >= 4 is 0 Å². The highest BCUT2D eigenvalue weighted by Gasteiger charge is 2.12. The van der Waals surface area contributed by atoms with Gasteiger partial charge in [-0.1, -0.05) is 31.2 Å². The van der Waals surface area contributed by atoms with E-state index in [2.05, 4.69) is 22.3 Å². The fraction of sp³-hybridized carbons (Fsp3) is 0.273. The van der Waals surface area contributed by atoms with Crippen LogP contribution in [0.3, 0.4) is 0 Å². The second kappa shape index (κ2) is 4.23. The Labute approximate surface area is 88.0 Å². The Morgan fingerprint density at radius 3 is 2.60 bits per heavy atom. The van der Waals surface area contributed by atoms with E-state index in [-0.39, 0.29) is 0 Å². The van der Waals surface area contributed by atoms with Crippen LogP contribution in [-0.4, -0.2) is 20.5 Å². The number of aliphatic hydroxyl groups excluding tert-OH is 1. The SMILES string of the molecule is CCc1ccc(C(O)c2cn[nH]n2)cc1. The maximum absolute atomic E-state index is 9.92. The molecule has 2 rings (SSSR count). The van der Waals surface area contributed by atoms with E-state index in [1.165, 1.54) is 11.8 Å². The Morgan fingerprint density at radius 2 is 2.07 bits per heavy atom. The summed E-state index contributed by atoms with van der Waals surface area (Å²) >= 11 is 0. The summed E-state index contributed by atoms with van der Waals surface area (Å²) < 4.78 is 0. The number of aryl methyl sites for hydroxylation is 1. The van der Waals surface area contributed by atoms with Gasteiger partial charge in [-0.05, 0) is 17.5 Å². The molecule has 1 aromatic heterocycles. The lowest BCUT2D eigenvalue weighted by Gasteiger charge is -2.07. The van der Waals surface area contributed by atoms with Crippen LogP contribution in [0.15, 0.2) is 30.5 Å². The van der Waals surface area contributed by atoms with Crippen LogP contribution in [0.4, 0.5) is 0 Å². The Morgan fingerprint density at radius 1 is 1.33 bits per heavy atom. The molecule has 0 saturated heterocycles. The van der Waals surface area contributed by atoms with Gasteiger partial charge in [-0.25, -0.2) is 0 Å². The molecule has 0 bridgehead atoms. The lowest BCUT2D eigenvalue weighted by Crippen LogP contribution is -2.00. The second-order valence-electron chi connectivity index (χ2n) is 3.39. The van der Waals surface area contributed by atoms with Gasteiger partial charge in [0.2, 0.25) is 0 Å². The number of rotatable bonds is 3. The van der Waals surface area contributed by atoms with Gasteiger partial charge in [0.15, 0.2) is 0 Å². The number of nitrogens with one attached hydrogen (secondary N) is 1. The predicted octanol–water partition coefficient (Wildman–Crippen LogP) is 1.45. The smallest absolute Gasteiger partial charge is 0.124 e. The zero-order chi connectivity index (χ0) is 10.7. The van der Waals surface area contributed by atoms with Gasteiger partial charge in [0, 0.05) is 0 Å². The minimum atomic E-state index is -0.699. The molecule has 0 fully saturated rings. The van der Waals surface area contributed by atoms with Crippen molar-refractivity contribution in [1.82, 2.24) is 15.4 Å². The molecular formula is C11H13N3O. The zero-order valence-corrected chi connectivity index (χ0v) is 8.51. The first kappa shape index (κ1) is 9.86. The van der Waals surface area contributed by atoms with E-state index in [0.717, 1.165) is 12.0 Å². The standard InChI is InChI=1S/C11H13N3O/c1-2-8-3-5-9(6-4-8)11(15)10-7-12-14-13-10/h3-7,11,15H,2H2,1H3,(H,12,13,14). The number of aliphatic hydroxyl groups is 1. The number of aromatic amines is 1. The van der Waals surface area contributed by atoms with Crippen LogP contribution in [0, 0.1) is 0 Å². The number of nitrogens with zero attached hydrogens (tertiary/aromatic N) is 2. The largest absolute Gasteiger partial charge is 0.382 e. The monoisotopic (exact) mass is 203 g/mol. The molecule has 0 aliphatic carbocycles. The van der Waals surface area contributed by atoms with Crippen molar-refractivity contribution in [3.63, 3.8) is 0 Å². The lowest BCUT2D eigenvalue weighted by atomic mass is 10.0. The third kappa shape index (κ3) is 2.05. The summed E-state index contributed by atoms with van der Waals surface area (Å²) in [5.41, 5.74) is 2.63. The second-order valence-corrected chi connectivity index (χ2v) is 3.39. The van der Waals surface area contributed by atoms with Crippen molar-refractivity contribution in [2.75, 3.05) is 0 Å². The van der Waals surface area contributed by atoms with E-state index < -0.39 is 6.10 Å². The maximum atomic E-state index is 9.92. The molecule has 1 aromatic carbocycles. The van der Waals surface area contributed by atoms with Crippen LogP contribution in [0.5, 0.6) is 0 Å². The Bertz CT molecular complexity index is 408. The minimum Gasteiger partial charge on any atom is -0.382 e. The van der Waals surface area contributed by atoms with E-state index in [1.54, 1.807) is 0 Å². The van der Waals surface area contributed by atoms with E-state index in [0.29, 0.717) is 5.69 Å². The van der Waals surface area contributed by atoms with Gasteiger partial charge in [-0.2, -0.15) is 15.4 Å². The van der Waals surface area contributed by atoms with Gasteiger partial charge in [-0.15, -0.1) is 0 Å². The summed E-state index contributed by atoms with van der Waals surface area (Å²) in [6.07, 6.45) is 1.83. The van der Waals surface area contributed by atoms with Crippen molar-refractivity contribution in [3.8, 4) is 0 Å². The van der Waals surface area contributed by atoms with Crippen LogP contribution in [0.1, 0.15) is 29.8 Å². The predicted molar refractivity (Wildman–Crippen MR) is 56.3 cm³/mol. The molecule has 15 heavy (non-hydrogen) atoms. The van der Waals surface area contributed by atoms with E-state index in [9.17, 15) is 5.11 Å². The van der Waals surface area contributed by atoms with Crippen molar-refractivity contribution in [2.24, 2.45) is 0 Å². The molecule has 2 aromatic rings. The van der Waals surface area contributed by atoms with Gasteiger partial charge < -0.3 is 5.11 Å². The average molecular weight is 203 g/mol. The topological polar surface area (TPSA) is 61.8 Å². The van der Waals surface area contributed by atoms with Crippen molar-refractivity contribution < 1.29 is 5.11 Å². The molecule has 1 unspecified atom stereocenters. The summed E-state index contributed by atoms with van der Waals surface area (Å²) in [5.74, 6) is 0.